The minimum Gasteiger partial charge on any atom is -0.415 e. The van der Waals surface area contributed by atoms with Crippen LogP contribution in [0.25, 0.3) is 0 Å². The van der Waals surface area contributed by atoms with Gasteiger partial charge >= 0.3 is 0 Å². The summed E-state index contributed by atoms with van der Waals surface area (Å²) in [4.78, 5) is 2.30. The molecule has 4 nitrogen and oxygen atoms in total. The Morgan fingerprint density at radius 2 is 1.39 bits per heavy atom. The van der Waals surface area contributed by atoms with Crippen molar-refractivity contribution in [2.24, 2.45) is 0 Å². The number of aliphatic hydroxyl groups excluding tert-OH is 2. The van der Waals surface area contributed by atoms with Crippen molar-refractivity contribution >= 4 is 8.32 Å². The van der Waals surface area contributed by atoms with E-state index in [0.717, 1.165) is 0 Å². The van der Waals surface area contributed by atoms with E-state index in [1.165, 1.54) is 11.1 Å². The summed E-state index contributed by atoms with van der Waals surface area (Å²) in [5.74, 6) is 0. The van der Waals surface area contributed by atoms with Gasteiger partial charge in [0.1, 0.15) is 0 Å². The zero-order valence-corrected chi connectivity index (χ0v) is 22.2. The van der Waals surface area contributed by atoms with Crippen LogP contribution in [0.5, 0.6) is 0 Å². The summed E-state index contributed by atoms with van der Waals surface area (Å²) in [5.41, 5.74) is 2.37. The Morgan fingerprint density at radius 1 is 0.909 bits per heavy atom. The fourth-order valence-electron chi connectivity index (χ4n) is 3.60. The standard InChI is InChI=1S/C28H43NO3Si/c1-7-14-25(30)19-27(31)26(22-32-33(5,6)28(2,3)4)29(20-23-15-10-8-11-16-23)21-24-17-12-9-13-18-24/h7-18,25-27,30-31H,19-22H2,1-6H3/b14-7+/t25-,26+,27-/m0/s1. The summed E-state index contributed by atoms with van der Waals surface area (Å²) in [7, 11) is -2.01. The highest BCUT2D eigenvalue weighted by Crippen LogP contribution is 2.37. The average molecular weight is 470 g/mol. The first-order valence-corrected chi connectivity index (χ1v) is 14.9. The minimum atomic E-state index is -2.01. The van der Waals surface area contributed by atoms with Crippen LogP contribution in [0.15, 0.2) is 72.8 Å². The van der Waals surface area contributed by atoms with Crippen molar-refractivity contribution in [2.75, 3.05) is 6.61 Å². The Balaban J connectivity index is 2.36. The lowest BCUT2D eigenvalue weighted by Gasteiger charge is -2.41. The predicted molar refractivity (Wildman–Crippen MR) is 141 cm³/mol. The van der Waals surface area contributed by atoms with Gasteiger partial charge in [0.05, 0.1) is 24.9 Å². The first-order valence-electron chi connectivity index (χ1n) is 12.0. The Morgan fingerprint density at radius 3 is 1.82 bits per heavy atom. The molecular weight excluding hydrogens is 426 g/mol. The first-order chi connectivity index (χ1) is 15.5. The largest absolute Gasteiger partial charge is 0.415 e. The van der Waals surface area contributed by atoms with Gasteiger partial charge in [-0.1, -0.05) is 93.6 Å². The number of rotatable bonds is 12. The summed E-state index contributed by atoms with van der Waals surface area (Å²) in [6.45, 7) is 14.9. The van der Waals surface area contributed by atoms with Gasteiger partial charge < -0.3 is 14.6 Å². The molecule has 0 saturated carbocycles. The highest BCUT2D eigenvalue weighted by molar-refractivity contribution is 6.74. The summed E-state index contributed by atoms with van der Waals surface area (Å²) >= 11 is 0. The Bertz CT molecular complexity index is 792. The van der Waals surface area contributed by atoms with Gasteiger partial charge in [0.15, 0.2) is 8.32 Å². The fraction of sp³-hybridized carbons (Fsp3) is 0.500. The first kappa shape index (κ1) is 27.5. The van der Waals surface area contributed by atoms with Gasteiger partial charge in [0.2, 0.25) is 0 Å². The molecule has 0 aliphatic carbocycles. The maximum atomic E-state index is 11.3. The number of hydrogen-bond acceptors (Lipinski definition) is 4. The molecule has 0 aliphatic rings. The minimum absolute atomic E-state index is 0.0800. The van der Waals surface area contributed by atoms with Crippen molar-refractivity contribution < 1.29 is 14.6 Å². The molecule has 0 aromatic heterocycles. The predicted octanol–water partition coefficient (Wildman–Crippen LogP) is 5.77. The van der Waals surface area contributed by atoms with Crippen LogP contribution in [0.1, 0.15) is 45.2 Å². The second kappa shape index (κ2) is 12.6. The van der Waals surface area contributed by atoms with Gasteiger partial charge in [-0.25, -0.2) is 0 Å². The van der Waals surface area contributed by atoms with Crippen molar-refractivity contribution in [3.8, 4) is 0 Å². The Kier molecular flexibility index (Phi) is 10.5. The number of allylic oxidation sites excluding steroid dienone is 1. The molecule has 5 heteroatoms. The highest BCUT2D eigenvalue weighted by atomic mass is 28.4. The van der Waals surface area contributed by atoms with E-state index in [-0.39, 0.29) is 17.5 Å². The molecule has 0 unspecified atom stereocenters. The third-order valence-corrected chi connectivity index (χ3v) is 11.2. The summed E-state index contributed by atoms with van der Waals surface area (Å²) in [5, 5.41) is 21.8. The molecule has 2 aromatic carbocycles. The van der Waals surface area contributed by atoms with E-state index in [4.69, 9.17) is 4.43 Å². The second-order valence-electron chi connectivity index (χ2n) is 10.4. The topological polar surface area (TPSA) is 52.9 Å². The van der Waals surface area contributed by atoms with Crippen molar-refractivity contribution in [1.82, 2.24) is 4.90 Å². The molecule has 0 spiro atoms. The molecule has 0 saturated heterocycles. The molecule has 2 rings (SSSR count). The quantitative estimate of drug-likeness (QED) is 0.306. The summed E-state index contributed by atoms with van der Waals surface area (Å²) in [6, 6.07) is 20.4. The maximum absolute atomic E-state index is 11.3. The molecule has 3 atom stereocenters. The van der Waals surface area contributed by atoms with Gasteiger partial charge in [-0.3, -0.25) is 4.90 Å². The summed E-state index contributed by atoms with van der Waals surface area (Å²) in [6.07, 6.45) is 2.41. The summed E-state index contributed by atoms with van der Waals surface area (Å²) < 4.78 is 6.61. The van der Waals surface area contributed by atoms with Crippen LogP contribution in [-0.2, 0) is 17.5 Å². The number of nitrogens with zero attached hydrogens (tertiary/aromatic N) is 1. The number of benzene rings is 2. The van der Waals surface area contributed by atoms with Crippen molar-refractivity contribution in [1.29, 1.82) is 0 Å². The van der Waals surface area contributed by atoms with Crippen molar-refractivity contribution in [3.63, 3.8) is 0 Å². The van der Waals surface area contributed by atoms with Crippen LogP contribution in [0.2, 0.25) is 18.1 Å². The normalized spacial score (nSPS) is 15.7. The maximum Gasteiger partial charge on any atom is 0.192 e. The molecule has 0 heterocycles. The van der Waals surface area contributed by atoms with Gasteiger partial charge in [-0.15, -0.1) is 0 Å². The van der Waals surface area contributed by atoms with E-state index in [9.17, 15) is 10.2 Å². The Labute approximate surface area is 202 Å². The van der Waals surface area contributed by atoms with Gasteiger partial charge in [-0.2, -0.15) is 0 Å². The third-order valence-electron chi connectivity index (χ3n) is 6.69. The van der Waals surface area contributed by atoms with Crippen LogP contribution in [0.3, 0.4) is 0 Å². The van der Waals surface area contributed by atoms with Crippen LogP contribution < -0.4 is 0 Å². The van der Waals surface area contributed by atoms with E-state index in [1.54, 1.807) is 6.08 Å². The lowest BCUT2D eigenvalue weighted by molar-refractivity contribution is -0.00889. The van der Waals surface area contributed by atoms with E-state index < -0.39 is 20.5 Å². The van der Waals surface area contributed by atoms with E-state index in [1.807, 2.05) is 49.4 Å². The second-order valence-corrected chi connectivity index (χ2v) is 15.2. The van der Waals surface area contributed by atoms with Crippen LogP contribution >= 0.6 is 0 Å². The van der Waals surface area contributed by atoms with Gasteiger partial charge in [0, 0.05) is 19.5 Å². The van der Waals surface area contributed by atoms with Gasteiger partial charge in [-0.05, 0) is 36.2 Å². The Hall–Kier alpha value is -1.76. The fourth-order valence-corrected chi connectivity index (χ4v) is 4.62. The van der Waals surface area contributed by atoms with Crippen LogP contribution in [0.4, 0.5) is 0 Å². The molecular formula is C28H43NO3Si. The third kappa shape index (κ3) is 8.84. The molecule has 0 fully saturated rings. The monoisotopic (exact) mass is 469 g/mol. The number of hydrogen-bond donors (Lipinski definition) is 2. The van der Waals surface area contributed by atoms with Crippen LogP contribution in [0, 0.1) is 0 Å². The molecule has 0 radical (unpaired) electrons. The molecule has 2 aromatic rings. The molecule has 0 bridgehead atoms. The average Bonchev–Trinajstić information content (AvgIpc) is 2.74. The molecule has 182 valence electrons. The molecule has 33 heavy (non-hydrogen) atoms. The molecule has 0 amide bonds. The highest BCUT2D eigenvalue weighted by Gasteiger charge is 2.39. The SMILES string of the molecule is C/C=C/[C@H](O)C[C@H](O)[C@@H](CO[Si](C)(C)C(C)(C)C)N(Cc1ccccc1)Cc1ccccc1. The van der Waals surface area contributed by atoms with Crippen molar-refractivity contribution in [2.45, 2.75) is 83.6 Å². The molecule has 2 N–H and O–H groups in total. The van der Waals surface area contributed by atoms with Crippen molar-refractivity contribution in [3.05, 3.63) is 83.9 Å². The van der Waals surface area contributed by atoms with E-state index >= 15 is 0 Å². The number of aliphatic hydroxyl groups is 2. The zero-order chi connectivity index (χ0) is 24.5. The van der Waals surface area contributed by atoms with E-state index in [0.29, 0.717) is 19.7 Å². The lowest BCUT2D eigenvalue weighted by atomic mass is 10.0. The van der Waals surface area contributed by atoms with E-state index in [2.05, 4.69) is 63.0 Å². The smallest absolute Gasteiger partial charge is 0.192 e. The zero-order valence-electron chi connectivity index (χ0n) is 21.2. The molecule has 0 aliphatic heterocycles. The van der Waals surface area contributed by atoms with Gasteiger partial charge in [0.25, 0.3) is 0 Å². The lowest BCUT2D eigenvalue weighted by Crippen LogP contribution is -2.51. The van der Waals surface area contributed by atoms with Crippen LogP contribution in [-0.4, -0.2) is 48.3 Å².